The van der Waals surface area contributed by atoms with Crippen molar-refractivity contribution in [3.8, 4) is 11.4 Å². The summed E-state index contributed by atoms with van der Waals surface area (Å²) in [6, 6.07) is 12.3. The third kappa shape index (κ3) is 3.93. The molecule has 4 aromatic rings. The molecule has 1 atom stereocenters. The Balaban J connectivity index is 1.43. The zero-order valence-corrected chi connectivity index (χ0v) is 18.6. The summed E-state index contributed by atoms with van der Waals surface area (Å²) in [5, 5.41) is 4.64. The minimum atomic E-state index is -0.793. The van der Waals surface area contributed by atoms with Crippen LogP contribution in [0.5, 0.6) is 5.75 Å². The lowest BCUT2D eigenvalue weighted by Crippen LogP contribution is -2.43. The smallest absolute Gasteiger partial charge is 0.174 e. The number of halogens is 1. The number of benzene rings is 2. The maximum atomic E-state index is 13.4. The highest BCUT2D eigenvalue weighted by Gasteiger charge is 2.37. The van der Waals surface area contributed by atoms with Crippen LogP contribution in [0.25, 0.3) is 17.8 Å². The molecular formula is C25H25FN6O. The molecule has 0 radical (unpaired) electrons. The number of hydrogen-bond acceptors (Lipinski definition) is 5. The van der Waals surface area contributed by atoms with E-state index in [2.05, 4.69) is 10.1 Å². The number of methoxy groups -OCH3 is 1. The van der Waals surface area contributed by atoms with Gasteiger partial charge >= 0.3 is 0 Å². The van der Waals surface area contributed by atoms with Crippen molar-refractivity contribution in [2.24, 2.45) is 5.73 Å². The number of rotatable bonds is 5. The molecule has 3 heterocycles. The van der Waals surface area contributed by atoms with Crippen LogP contribution in [0.2, 0.25) is 0 Å². The van der Waals surface area contributed by atoms with E-state index in [4.69, 9.17) is 15.5 Å². The summed E-state index contributed by atoms with van der Waals surface area (Å²) in [5.74, 6) is 1.73. The van der Waals surface area contributed by atoms with E-state index in [9.17, 15) is 4.39 Å². The Kier molecular flexibility index (Phi) is 5.30. The minimum Gasteiger partial charge on any atom is -0.495 e. The van der Waals surface area contributed by atoms with E-state index in [0.29, 0.717) is 11.6 Å². The van der Waals surface area contributed by atoms with E-state index in [1.54, 1.807) is 25.6 Å². The predicted molar refractivity (Wildman–Crippen MR) is 124 cm³/mol. The Bertz CT molecular complexity index is 1320. The second-order valence-electron chi connectivity index (χ2n) is 8.29. The fourth-order valence-electron chi connectivity index (χ4n) is 4.29. The molecule has 168 valence electrons. The van der Waals surface area contributed by atoms with Crippen LogP contribution in [0.1, 0.15) is 41.3 Å². The van der Waals surface area contributed by atoms with Crippen LogP contribution in [-0.2, 0) is 12.1 Å². The molecular weight excluding hydrogens is 419 g/mol. The highest BCUT2D eigenvalue weighted by molar-refractivity contribution is 5.69. The zero-order chi connectivity index (χ0) is 23.0. The molecule has 33 heavy (non-hydrogen) atoms. The second-order valence-corrected chi connectivity index (χ2v) is 8.29. The summed E-state index contributed by atoms with van der Waals surface area (Å²) >= 11 is 0. The van der Waals surface area contributed by atoms with Gasteiger partial charge in [-0.1, -0.05) is 24.3 Å². The van der Waals surface area contributed by atoms with Crippen LogP contribution in [0.3, 0.4) is 0 Å². The molecule has 1 aliphatic heterocycles. The van der Waals surface area contributed by atoms with Crippen LogP contribution in [0.15, 0.2) is 55.0 Å². The summed E-state index contributed by atoms with van der Waals surface area (Å²) in [6.45, 7) is 2.70. The Hall–Kier alpha value is -3.78. The van der Waals surface area contributed by atoms with Gasteiger partial charge in [0.25, 0.3) is 0 Å². The van der Waals surface area contributed by atoms with Crippen LogP contribution < -0.4 is 10.5 Å². The molecule has 0 saturated heterocycles. The zero-order valence-electron chi connectivity index (χ0n) is 18.6. The summed E-state index contributed by atoms with van der Waals surface area (Å²) in [4.78, 5) is 9.01. The average molecular weight is 445 g/mol. The quantitative estimate of drug-likeness (QED) is 0.501. The largest absolute Gasteiger partial charge is 0.495 e. The molecule has 2 aromatic carbocycles. The van der Waals surface area contributed by atoms with Crippen molar-refractivity contribution < 1.29 is 9.13 Å². The van der Waals surface area contributed by atoms with Gasteiger partial charge < -0.3 is 15.0 Å². The molecule has 0 amide bonds. The standard InChI is InChI=1S/C25H25FN6O/c1-17-15-31(16-28-17)21-10-4-18(14-22(21)33-2)5-11-23-29-24-25(27,12-3-13-32(24)30-23)19-6-8-20(26)9-7-19/h4-11,14-16H,3,12-13,27H2,1-2H3/b11-5+/t25-/m0/s1. The van der Waals surface area contributed by atoms with Gasteiger partial charge in [0, 0.05) is 12.7 Å². The van der Waals surface area contributed by atoms with E-state index < -0.39 is 5.54 Å². The van der Waals surface area contributed by atoms with Crippen LogP contribution in [-0.4, -0.2) is 31.4 Å². The molecule has 8 heteroatoms. The van der Waals surface area contributed by atoms with Gasteiger partial charge in [-0.2, -0.15) is 5.10 Å². The number of hydrogen-bond donors (Lipinski definition) is 1. The molecule has 7 nitrogen and oxygen atoms in total. The Labute approximate surface area is 191 Å². The number of ether oxygens (including phenoxy) is 1. The molecule has 0 saturated carbocycles. The van der Waals surface area contributed by atoms with E-state index in [-0.39, 0.29) is 5.82 Å². The predicted octanol–water partition coefficient (Wildman–Crippen LogP) is 4.09. The van der Waals surface area contributed by atoms with Gasteiger partial charge in [0.05, 0.1) is 24.8 Å². The van der Waals surface area contributed by atoms with Crippen LogP contribution in [0, 0.1) is 12.7 Å². The molecule has 0 bridgehead atoms. The second kappa shape index (κ2) is 8.29. The normalized spacial score (nSPS) is 17.9. The highest BCUT2D eigenvalue weighted by atomic mass is 19.1. The Morgan fingerprint density at radius 1 is 1.15 bits per heavy atom. The summed E-state index contributed by atoms with van der Waals surface area (Å²) in [5.41, 5.74) is 9.63. The Morgan fingerprint density at radius 2 is 1.97 bits per heavy atom. The van der Waals surface area contributed by atoms with Gasteiger partial charge in [0.2, 0.25) is 0 Å². The summed E-state index contributed by atoms with van der Waals surface area (Å²) in [7, 11) is 1.65. The number of aromatic nitrogens is 5. The number of aryl methyl sites for hydroxylation is 2. The van der Waals surface area contributed by atoms with Crippen LogP contribution in [0.4, 0.5) is 4.39 Å². The fraction of sp³-hybridized carbons (Fsp3) is 0.240. The third-order valence-electron chi connectivity index (χ3n) is 6.01. The van der Waals surface area contributed by atoms with E-state index >= 15 is 0 Å². The average Bonchev–Trinajstić information content (AvgIpc) is 3.45. The van der Waals surface area contributed by atoms with Crippen LogP contribution >= 0.6 is 0 Å². The first-order valence-electron chi connectivity index (χ1n) is 10.8. The number of nitrogens with zero attached hydrogens (tertiary/aromatic N) is 5. The molecule has 5 rings (SSSR count). The third-order valence-corrected chi connectivity index (χ3v) is 6.01. The van der Waals surface area contributed by atoms with Crippen molar-refractivity contribution in [2.75, 3.05) is 7.11 Å². The molecule has 0 aliphatic carbocycles. The number of imidazole rings is 1. The van der Waals surface area contributed by atoms with E-state index in [0.717, 1.165) is 47.6 Å². The summed E-state index contributed by atoms with van der Waals surface area (Å²) < 4.78 is 22.8. The maximum Gasteiger partial charge on any atom is 0.174 e. The molecule has 0 unspecified atom stereocenters. The van der Waals surface area contributed by atoms with E-state index in [1.807, 2.05) is 52.7 Å². The molecule has 2 N–H and O–H groups in total. The number of fused-ring (bicyclic) bond motifs is 1. The number of nitrogens with two attached hydrogens (primary N) is 1. The fourth-order valence-corrected chi connectivity index (χ4v) is 4.29. The van der Waals surface area contributed by atoms with E-state index in [1.165, 1.54) is 12.1 Å². The van der Waals surface area contributed by atoms with Crippen molar-refractivity contribution in [3.63, 3.8) is 0 Å². The molecule has 0 fully saturated rings. The van der Waals surface area contributed by atoms with Gasteiger partial charge in [-0.3, -0.25) is 0 Å². The van der Waals surface area contributed by atoms with Gasteiger partial charge in [0.1, 0.15) is 17.1 Å². The first-order valence-corrected chi connectivity index (χ1v) is 10.8. The highest BCUT2D eigenvalue weighted by Crippen LogP contribution is 2.34. The molecule has 2 aromatic heterocycles. The van der Waals surface area contributed by atoms with Gasteiger partial charge in [0.15, 0.2) is 11.6 Å². The molecule has 0 spiro atoms. The van der Waals surface area contributed by atoms with Gasteiger partial charge in [-0.25, -0.2) is 19.0 Å². The van der Waals surface area contributed by atoms with Crippen molar-refractivity contribution in [3.05, 3.63) is 89.3 Å². The lowest BCUT2D eigenvalue weighted by atomic mass is 9.83. The van der Waals surface area contributed by atoms with Gasteiger partial charge in [-0.05, 0) is 61.2 Å². The monoisotopic (exact) mass is 444 g/mol. The maximum absolute atomic E-state index is 13.4. The van der Waals surface area contributed by atoms with Crippen molar-refractivity contribution in [1.29, 1.82) is 0 Å². The lowest BCUT2D eigenvalue weighted by Gasteiger charge is -2.33. The van der Waals surface area contributed by atoms with Crippen molar-refractivity contribution in [2.45, 2.75) is 31.8 Å². The Morgan fingerprint density at radius 3 is 2.70 bits per heavy atom. The summed E-state index contributed by atoms with van der Waals surface area (Å²) in [6.07, 6.45) is 9.14. The first kappa shape index (κ1) is 21.1. The minimum absolute atomic E-state index is 0.284. The van der Waals surface area contributed by atoms with Crippen molar-refractivity contribution in [1.82, 2.24) is 24.3 Å². The molecule has 1 aliphatic rings. The SMILES string of the molecule is COc1cc(/C=C/c2nc3n(n2)CCC[C@]3(N)c2ccc(F)cc2)ccc1-n1cnc(C)c1. The van der Waals surface area contributed by atoms with Crippen molar-refractivity contribution >= 4 is 12.2 Å². The topological polar surface area (TPSA) is 83.8 Å². The van der Waals surface area contributed by atoms with Gasteiger partial charge in [-0.15, -0.1) is 0 Å². The first-order chi connectivity index (χ1) is 16.0. The lowest BCUT2D eigenvalue weighted by molar-refractivity contribution is 0.342.